The molecule has 3 nitrogen and oxygen atoms in total. The van der Waals surface area contributed by atoms with Crippen LogP contribution in [0.4, 0.5) is 0 Å². The van der Waals surface area contributed by atoms with Crippen LogP contribution >= 0.6 is 11.8 Å². The van der Waals surface area contributed by atoms with E-state index in [2.05, 4.69) is 4.99 Å². The Bertz CT molecular complexity index is 137. The van der Waals surface area contributed by atoms with Gasteiger partial charge in [-0.05, 0) is 6.26 Å². The molecule has 0 aliphatic carbocycles. The standard InChI is InChI=1S/C5H10N2OS/c1-4-6-5(9-3)7(2)8-4/h5H,1-3H3. The third-order valence-corrected chi connectivity index (χ3v) is 1.91. The Hall–Kier alpha value is -0.220. The summed E-state index contributed by atoms with van der Waals surface area (Å²) in [7, 11) is 1.88. The molecule has 0 fully saturated rings. The molecule has 4 heteroatoms. The fourth-order valence-electron chi connectivity index (χ4n) is 0.715. The minimum atomic E-state index is 0.157. The molecule has 1 atom stereocenters. The average molecular weight is 146 g/mol. The monoisotopic (exact) mass is 146 g/mol. The number of hydrogen-bond donors (Lipinski definition) is 0. The molecule has 1 rings (SSSR count). The van der Waals surface area contributed by atoms with Crippen molar-refractivity contribution in [2.24, 2.45) is 4.99 Å². The maximum Gasteiger partial charge on any atom is 0.209 e. The highest BCUT2D eigenvalue weighted by molar-refractivity contribution is 7.99. The van der Waals surface area contributed by atoms with Gasteiger partial charge in [0.2, 0.25) is 5.90 Å². The van der Waals surface area contributed by atoms with Gasteiger partial charge >= 0.3 is 0 Å². The van der Waals surface area contributed by atoms with Gasteiger partial charge in [0, 0.05) is 14.0 Å². The van der Waals surface area contributed by atoms with Crippen LogP contribution in [0.25, 0.3) is 0 Å². The zero-order valence-corrected chi connectivity index (χ0v) is 6.60. The van der Waals surface area contributed by atoms with Gasteiger partial charge in [-0.1, -0.05) is 0 Å². The number of rotatable bonds is 1. The van der Waals surface area contributed by atoms with Crippen molar-refractivity contribution in [1.82, 2.24) is 5.06 Å². The van der Waals surface area contributed by atoms with E-state index in [9.17, 15) is 0 Å². The summed E-state index contributed by atoms with van der Waals surface area (Å²) in [6.07, 6.45) is 2.01. The highest BCUT2D eigenvalue weighted by atomic mass is 32.2. The van der Waals surface area contributed by atoms with E-state index in [1.54, 1.807) is 16.8 Å². The predicted molar refractivity (Wildman–Crippen MR) is 39.3 cm³/mol. The molecule has 0 saturated heterocycles. The highest BCUT2D eigenvalue weighted by Crippen LogP contribution is 2.18. The minimum absolute atomic E-state index is 0.157. The van der Waals surface area contributed by atoms with Gasteiger partial charge in [-0.25, -0.2) is 4.99 Å². The van der Waals surface area contributed by atoms with E-state index < -0.39 is 0 Å². The second-order valence-electron chi connectivity index (χ2n) is 1.85. The van der Waals surface area contributed by atoms with Gasteiger partial charge in [0.1, 0.15) is 0 Å². The smallest absolute Gasteiger partial charge is 0.209 e. The second-order valence-corrected chi connectivity index (χ2v) is 2.74. The molecule has 0 saturated carbocycles. The molecule has 0 aromatic carbocycles. The van der Waals surface area contributed by atoms with E-state index in [4.69, 9.17) is 4.84 Å². The van der Waals surface area contributed by atoms with Crippen LogP contribution in [-0.2, 0) is 4.84 Å². The SMILES string of the molecule is CSC1N=C(C)ON1C. The molecule has 0 aromatic heterocycles. The maximum atomic E-state index is 5.13. The van der Waals surface area contributed by atoms with Gasteiger partial charge in [-0.2, -0.15) is 0 Å². The molecule has 1 aliphatic heterocycles. The van der Waals surface area contributed by atoms with Crippen LogP contribution in [0.2, 0.25) is 0 Å². The summed E-state index contributed by atoms with van der Waals surface area (Å²) in [5.74, 6) is 0.747. The topological polar surface area (TPSA) is 24.8 Å². The van der Waals surface area contributed by atoms with Crippen LogP contribution in [-0.4, -0.2) is 29.8 Å². The van der Waals surface area contributed by atoms with Gasteiger partial charge in [0.15, 0.2) is 5.50 Å². The first kappa shape index (κ1) is 6.89. The Morgan fingerprint density at radius 1 is 1.78 bits per heavy atom. The first-order chi connectivity index (χ1) is 4.24. The quantitative estimate of drug-likeness (QED) is 0.550. The van der Waals surface area contributed by atoms with Crippen molar-refractivity contribution >= 4 is 17.7 Å². The van der Waals surface area contributed by atoms with E-state index in [1.807, 2.05) is 20.2 Å². The lowest BCUT2D eigenvalue weighted by molar-refractivity contribution is -0.0316. The molecule has 0 amide bonds. The number of thioether (sulfide) groups is 1. The van der Waals surface area contributed by atoms with E-state index >= 15 is 0 Å². The Morgan fingerprint density at radius 2 is 2.44 bits per heavy atom. The Kier molecular flexibility index (Phi) is 1.97. The van der Waals surface area contributed by atoms with Gasteiger partial charge in [-0.3, -0.25) is 0 Å². The summed E-state index contributed by atoms with van der Waals surface area (Å²) in [6.45, 7) is 1.85. The van der Waals surface area contributed by atoms with Crippen molar-refractivity contribution in [2.45, 2.75) is 12.4 Å². The molecule has 1 heterocycles. The van der Waals surface area contributed by atoms with Crippen LogP contribution in [0.3, 0.4) is 0 Å². The highest BCUT2D eigenvalue weighted by Gasteiger charge is 2.20. The molecular formula is C5H10N2OS. The first-order valence-corrected chi connectivity index (χ1v) is 4.01. The van der Waals surface area contributed by atoms with E-state index in [-0.39, 0.29) is 5.50 Å². The summed E-state index contributed by atoms with van der Waals surface area (Å²) >= 11 is 1.66. The summed E-state index contributed by atoms with van der Waals surface area (Å²) in [4.78, 5) is 9.30. The number of nitrogens with zero attached hydrogens (tertiary/aromatic N) is 2. The van der Waals surface area contributed by atoms with Crippen LogP contribution in [0.1, 0.15) is 6.92 Å². The van der Waals surface area contributed by atoms with Crippen LogP contribution in [0.15, 0.2) is 4.99 Å². The van der Waals surface area contributed by atoms with E-state index in [1.165, 1.54) is 0 Å². The molecule has 0 radical (unpaired) electrons. The summed E-state index contributed by atoms with van der Waals surface area (Å²) in [6, 6.07) is 0. The zero-order chi connectivity index (χ0) is 6.85. The van der Waals surface area contributed by atoms with Crippen molar-refractivity contribution in [3.63, 3.8) is 0 Å². The Balaban J connectivity index is 2.53. The summed E-state index contributed by atoms with van der Waals surface area (Å²) in [5, 5.41) is 1.74. The largest absolute Gasteiger partial charge is 0.388 e. The lowest BCUT2D eigenvalue weighted by Gasteiger charge is -2.12. The lowest BCUT2D eigenvalue weighted by Crippen LogP contribution is -2.21. The molecule has 0 bridgehead atoms. The lowest BCUT2D eigenvalue weighted by atomic mass is 10.8. The fourth-order valence-corrected chi connectivity index (χ4v) is 1.31. The third kappa shape index (κ3) is 1.37. The average Bonchev–Trinajstić information content (AvgIpc) is 2.10. The number of hydroxylamine groups is 2. The zero-order valence-electron chi connectivity index (χ0n) is 5.79. The van der Waals surface area contributed by atoms with Gasteiger partial charge in [-0.15, -0.1) is 16.8 Å². The molecule has 0 aromatic rings. The van der Waals surface area contributed by atoms with Crippen LogP contribution in [0.5, 0.6) is 0 Å². The molecule has 1 unspecified atom stereocenters. The van der Waals surface area contributed by atoms with Crippen molar-refractivity contribution in [3.8, 4) is 0 Å². The van der Waals surface area contributed by atoms with E-state index in [0.717, 1.165) is 5.90 Å². The normalized spacial score (nSPS) is 27.9. The van der Waals surface area contributed by atoms with Crippen molar-refractivity contribution in [2.75, 3.05) is 13.3 Å². The van der Waals surface area contributed by atoms with Gasteiger partial charge < -0.3 is 4.84 Å². The Morgan fingerprint density at radius 3 is 2.67 bits per heavy atom. The number of hydrogen-bond acceptors (Lipinski definition) is 4. The Labute approximate surface area is 59.0 Å². The van der Waals surface area contributed by atoms with Gasteiger partial charge in [0.25, 0.3) is 0 Å². The van der Waals surface area contributed by atoms with Crippen molar-refractivity contribution in [3.05, 3.63) is 0 Å². The maximum absolute atomic E-state index is 5.13. The summed E-state index contributed by atoms with van der Waals surface area (Å²) < 4.78 is 0. The summed E-state index contributed by atoms with van der Waals surface area (Å²) in [5.41, 5.74) is 0.157. The minimum Gasteiger partial charge on any atom is -0.388 e. The van der Waals surface area contributed by atoms with Crippen molar-refractivity contribution in [1.29, 1.82) is 0 Å². The molecule has 52 valence electrons. The molecule has 0 spiro atoms. The molecular weight excluding hydrogens is 136 g/mol. The van der Waals surface area contributed by atoms with Crippen LogP contribution in [0, 0.1) is 0 Å². The van der Waals surface area contributed by atoms with E-state index in [0.29, 0.717) is 0 Å². The van der Waals surface area contributed by atoms with Gasteiger partial charge in [0.05, 0.1) is 0 Å². The second kappa shape index (κ2) is 2.58. The molecule has 0 N–H and O–H groups in total. The first-order valence-electron chi connectivity index (χ1n) is 2.72. The number of aliphatic imine (C=N–C) groups is 1. The van der Waals surface area contributed by atoms with Crippen LogP contribution < -0.4 is 0 Å². The predicted octanol–water partition coefficient (Wildman–Crippen LogP) is 0.928. The molecule has 1 aliphatic rings. The van der Waals surface area contributed by atoms with Crippen molar-refractivity contribution < 1.29 is 4.84 Å². The fraction of sp³-hybridized carbons (Fsp3) is 0.800. The third-order valence-electron chi connectivity index (χ3n) is 1.09. The molecule has 9 heavy (non-hydrogen) atoms.